The summed E-state index contributed by atoms with van der Waals surface area (Å²) in [6.45, 7) is 4.14. The van der Waals surface area contributed by atoms with Gasteiger partial charge in [-0.25, -0.2) is 9.78 Å². The molecule has 0 bridgehead atoms. The molecule has 1 aliphatic rings. The Hall–Kier alpha value is -1.28. The highest BCUT2D eigenvalue weighted by Crippen LogP contribution is 2.34. The average Bonchev–Trinajstić information content (AvgIpc) is 2.52. The Labute approximate surface area is 153 Å². The summed E-state index contributed by atoms with van der Waals surface area (Å²) < 4.78 is 10.5. The van der Waals surface area contributed by atoms with E-state index in [-0.39, 0.29) is 44.7 Å². The summed E-state index contributed by atoms with van der Waals surface area (Å²) in [5, 5.41) is -0.395. The van der Waals surface area contributed by atoms with Gasteiger partial charge < -0.3 is 20.1 Å². The zero-order valence-corrected chi connectivity index (χ0v) is 15.3. The topological polar surface area (TPSA) is 94.8 Å². The van der Waals surface area contributed by atoms with Crippen LogP contribution < -0.4 is 5.73 Å². The van der Waals surface area contributed by atoms with E-state index in [0.29, 0.717) is 13.1 Å². The van der Waals surface area contributed by atoms with Crippen molar-refractivity contribution >= 4 is 52.4 Å². The molecule has 2 heterocycles. The molecule has 0 aromatic carbocycles. The number of nitrogens with two attached hydrogens (primary N) is 1. The normalized spacial score (nSPS) is 20.8. The lowest BCUT2D eigenvalue weighted by Crippen LogP contribution is -2.49. The van der Waals surface area contributed by atoms with Crippen molar-refractivity contribution in [3.05, 3.63) is 20.9 Å². The summed E-state index contributed by atoms with van der Waals surface area (Å²) in [4.78, 5) is 29.6. The predicted molar refractivity (Wildman–Crippen MR) is 90.6 cm³/mol. The lowest BCUT2D eigenvalue weighted by atomic mass is 10.2. The summed E-state index contributed by atoms with van der Waals surface area (Å²) in [5.74, 6) is -1.25. The number of hydrogen-bond acceptors (Lipinski definition) is 6. The zero-order valence-electron chi connectivity index (χ0n) is 13.0. The number of nitrogen functional groups attached to an aromatic ring is 1. The Morgan fingerprint density at radius 1 is 1.25 bits per heavy atom. The minimum atomic E-state index is -0.909. The van der Waals surface area contributed by atoms with Crippen molar-refractivity contribution < 1.29 is 19.1 Å². The summed E-state index contributed by atoms with van der Waals surface area (Å²) in [5.41, 5.74) is 5.27. The van der Waals surface area contributed by atoms with Gasteiger partial charge in [-0.3, -0.25) is 4.79 Å². The Morgan fingerprint density at radius 2 is 1.83 bits per heavy atom. The summed E-state index contributed by atoms with van der Waals surface area (Å²) in [7, 11) is 0. The van der Waals surface area contributed by atoms with Crippen LogP contribution in [0, 0.1) is 0 Å². The zero-order chi connectivity index (χ0) is 18.0. The van der Waals surface area contributed by atoms with Gasteiger partial charge in [0.1, 0.15) is 5.02 Å². The quantitative estimate of drug-likeness (QED) is 0.623. The molecule has 0 saturated carbocycles. The number of morpholine rings is 1. The monoisotopic (exact) mass is 395 g/mol. The number of nitrogens with zero attached hydrogens (tertiary/aromatic N) is 2. The van der Waals surface area contributed by atoms with E-state index in [2.05, 4.69) is 4.98 Å². The van der Waals surface area contributed by atoms with Crippen molar-refractivity contribution in [1.82, 2.24) is 9.88 Å². The molecule has 1 fully saturated rings. The number of halogens is 3. The highest BCUT2D eigenvalue weighted by molar-refractivity contribution is 6.46. The number of amides is 1. The van der Waals surface area contributed by atoms with Crippen LogP contribution in [0.3, 0.4) is 0 Å². The van der Waals surface area contributed by atoms with Crippen LogP contribution in [0.25, 0.3) is 0 Å². The van der Waals surface area contributed by atoms with Gasteiger partial charge in [0.05, 0.1) is 22.9 Å². The second-order valence-corrected chi connectivity index (χ2v) is 6.54. The van der Waals surface area contributed by atoms with E-state index in [1.165, 1.54) is 0 Å². The van der Waals surface area contributed by atoms with Crippen molar-refractivity contribution in [1.29, 1.82) is 0 Å². The molecule has 0 radical (unpaired) electrons. The third kappa shape index (κ3) is 4.22. The number of pyridine rings is 1. The molecular weight excluding hydrogens is 381 g/mol. The molecule has 1 aliphatic heterocycles. The van der Waals surface area contributed by atoms with E-state index in [9.17, 15) is 9.59 Å². The minimum Gasteiger partial charge on any atom is -0.451 e. The fourth-order valence-electron chi connectivity index (χ4n) is 2.34. The van der Waals surface area contributed by atoms with Crippen molar-refractivity contribution in [3.63, 3.8) is 0 Å². The van der Waals surface area contributed by atoms with Gasteiger partial charge in [0.25, 0.3) is 5.91 Å². The first-order chi connectivity index (χ1) is 11.2. The number of aromatic nitrogens is 1. The molecule has 2 N–H and O–H groups in total. The van der Waals surface area contributed by atoms with Gasteiger partial charge in [0, 0.05) is 13.1 Å². The van der Waals surface area contributed by atoms with Crippen molar-refractivity contribution in [2.75, 3.05) is 25.4 Å². The Balaban J connectivity index is 2.02. The second kappa shape index (κ2) is 7.74. The fraction of sp³-hybridized carbons (Fsp3) is 0.500. The first-order valence-electron chi connectivity index (χ1n) is 7.11. The first-order valence-corrected chi connectivity index (χ1v) is 8.24. The molecule has 132 valence electrons. The SMILES string of the molecule is C[C@@H]1CN(C(=O)COC(=O)c2nc(Cl)c(Cl)c(N)c2Cl)C[C@H](C)O1. The lowest BCUT2D eigenvalue weighted by Gasteiger charge is -2.35. The van der Waals surface area contributed by atoms with Crippen LogP contribution in [0.15, 0.2) is 0 Å². The van der Waals surface area contributed by atoms with Crippen LogP contribution in [-0.2, 0) is 14.3 Å². The van der Waals surface area contributed by atoms with E-state index < -0.39 is 12.6 Å². The van der Waals surface area contributed by atoms with Crippen molar-refractivity contribution in [3.8, 4) is 0 Å². The molecular formula is C14H16Cl3N3O4. The molecule has 0 aliphatic carbocycles. The van der Waals surface area contributed by atoms with Crippen LogP contribution in [0.1, 0.15) is 24.3 Å². The number of rotatable bonds is 3. The van der Waals surface area contributed by atoms with Gasteiger partial charge in [0.2, 0.25) is 0 Å². The Kier molecular flexibility index (Phi) is 6.14. The molecule has 2 rings (SSSR count). The number of carbonyl (C=O) groups excluding carboxylic acids is 2. The lowest BCUT2D eigenvalue weighted by molar-refractivity contribution is -0.146. The van der Waals surface area contributed by atoms with E-state index in [4.69, 9.17) is 50.0 Å². The molecule has 0 unspecified atom stereocenters. The van der Waals surface area contributed by atoms with E-state index in [1.54, 1.807) is 4.90 Å². The van der Waals surface area contributed by atoms with Gasteiger partial charge in [-0.15, -0.1) is 0 Å². The van der Waals surface area contributed by atoms with Gasteiger partial charge in [-0.05, 0) is 13.8 Å². The number of hydrogen-bond donors (Lipinski definition) is 1. The standard InChI is InChI=1S/C14H16Cl3N3O4/c1-6-3-20(4-7(2)24-6)8(21)5-23-14(22)12-9(15)11(18)10(16)13(17)19-12/h6-7H,3-5H2,1-2H3,(H2,18,19)/t6-,7+. The minimum absolute atomic E-state index is 0.0504. The summed E-state index contributed by atoms with van der Waals surface area (Å²) in [6.07, 6.45) is -0.168. The van der Waals surface area contributed by atoms with E-state index in [0.717, 1.165) is 0 Å². The predicted octanol–water partition coefficient (Wildman–Crippen LogP) is 2.42. The molecule has 1 aromatic heterocycles. The maximum Gasteiger partial charge on any atom is 0.359 e. The molecule has 24 heavy (non-hydrogen) atoms. The highest BCUT2D eigenvalue weighted by Gasteiger charge is 2.27. The van der Waals surface area contributed by atoms with Crippen LogP contribution in [0.4, 0.5) is 5.69 Å². The Morgan fingerprint density at radius 3 is 2.42 bits per heavy atom. The van der Waals surface area contributed by atoms with Crippen LogP contribution in [-0.4, -0.2) is 53.7 Å². The number of ether oxygens (including phenoxy) is 2. The number of anilines is 1. The number of esters is 1. The number of carbonyl (C=O) groups is 2. The van der Waals surface area contributed by atoms with Gasteiger partial charge >= 0.3 is 5.97 Å². The van der Waals surface area contributed by atoms with Gasteiger partial charge in [-0.1, -0.05) is 34.8 Å². The molecule has 10 heteroatoms. The van der Waals surface area contributed by atoms with Gasteiger partial charge in [-0.2, -0.15) is 0 Å². The largest absolute Gasteiger partial charge is 0.451 e. The third-order valence-electron chi connectivity index (χ3n) is 3.36. The first kappa shape index (κ1) is 19.1. The average molecular weight is 397 g/mol. The summed E-state index contributed by atoms with van der Waals surface area (Å²) >= 11 is 17.5. The second-order valence-electron chi connectivity index (χ2n) is 5.43. The van der Waals surface area contributed by atoms with Crippen LogP contribution >= 0.6 is 34.8 Å². The maximum absolute atomic E-state index is 12.2. The van der Waals surface area contributed by atoms with E-state index in [1.807, 2.05) is 13.8 Å². The van der Waals surface area contributed by atoms with Gasteiger partial charge in [0.15, 0.2) is 17.5 Å². The van der Waals surface area contributed by atoms with Crippen molar-refractivity contribution in [2.45, 2.75) is 26.1 Å². The van der Waals surface area contributed by atoms with Crippen LogP contribution in [0.2, 0.25) is 15.2 Å². The van der Waals surface area contributed by atoms with E-state index >= 15 is 0 Å². The molecule has 1 saturated heterocycles. The Bertz CT molecular complexity index is 661. The third-order valence-corrected chi connectivity index (χ3v) is 4.50. The molecule has 7 nitrogen and oxygen atoms in total. The highest BCUT2D eigenvalue weighted by atomic mass is 35.5. The molecule has 2 atom stereocenters. The summed E-state index contributed by atoms with van der Waals surface area (Å²) in [6, 6.07) is 0. The van der Waals surface area contributed by atoms with Crippen molar-refractivity contribution in [2.24, 2.45) is 0 Å². The van der Waals surface area contributed by atoms with Crippen LogP contribution in [0.5, 0.6) is 0 Å². The molecule has 1 amide bonds. The maximum atomic E-state index is 12.2. The molecule has 1 aromatic rings. The molecule has 0 spiro atoms. The fourth-order valence-corrected chi connectivity index (χ4v) is 2.92. The smallest absolute Gasteiger partial charge is 0.359 e.